The predicted octanol–water partition coefficient (Wildman–Crippen LogP) is 1.09. The monoisotopic (exact) mass is 594 g/mol. The van der Waals surface area contributed by atoms with Gasteiger partial charge in [0, 0.05) is 33.6 Å². The summed E-state index contributed by atoms with van der Waals surface area (Å²) >= 11 is 2.62. The summed E-state index contributed by atoms with van der Waals surface area (Å²) in [4.78, 5) is 0. The first-order valence-electron chi connectivity index (χ1n) is 5.74. The standard InChI is InChI=1S/2C5H5.2C2H7P.CH3Se.2Co.HI/c2*1-2-4-5-3-1;2*1-3-2;1-2;;;/h2*1-5H;2*3H,1-2H3;1H3;;;1H/q;;;;+1;;;/p-1. The Labute approximate surface area is 185 Å². The smallest absolute Gasteiger partial charge is 0 e. The van der Waals surface area contributed by atoms with Crippen LogP contribution in [0, 0.1) is 64.2 Å². The van der Waals surface area contributed by atoms with Gasteiger partial charge in [0.2, 0.25) is 0 Å². The first-order chi connectivity index (χ1) is 8.83. The maximum absolute atomic E-state index is 2.62. The summed E-state index contributed by atoms with van der Waals surface area (Å²) in [5, 5.41) is 0. The molecule has 0 N–H and O–H groups in total. The van der Waals surface area contributed by atoms with Gasteiger partial charge in [0.25, 0.3) is 0 Å². The third-order valence-corrected chi connectivity index (χ3v) is 1.11. The number of rotatable bonds is 0. The largest absolute Gasteiger partial charge is 1.00 e. The van der Waals surface area contributed by atoms with Crippen LogP contribution in [0.2, 0.25) is 5.82 Å². The number of hydrogen-bond donors (Lipinski definition) is 0. The minimum Gasteiger partial charge on any atom is -1.00 e. The van der Waals surface area contributed by atoms with Crippen molar-refractivity contribution in [3.05, 3.63) is 64.2 Å². The van der Waals surface area contributed by atoms with E-state index in [1.807, 2.05) is 70.0 Å². The van der Waals surface area contributed by atoms with Crippen LogP contribution in [0.15, 0.2) is 0 Å². The predicted molar refractivity (Wildman–Crippen MR) is 94.9 cm³/mol. The molecule has 0 atom stereocenters. The van der Waals surface area contributed by atoms with E-state index < -0.39 is 0 Å². The average molecular weight is 593 g/mol. The van der Waals surface area contributed by atoms with Gasteiger partial charge in [-0.2, -0.15) is 0 Å². The van der Waals surface area contributed by atoms with Gasteiger partial charge in [0.15, 0.2) is 0 Å². The van der Waals surface area contributed by atoms with Crippen LogP contribution in [0.3, 0.4) is 0 Å². The van der Waals surface area contributed by atoms with Crippen LogP contribution < -0.4 is 24.0 Å². The van der Waals surface area contributed by atoms with Crippen LogP contribution in [-0.4, -0.2) is 42.7 Å². The second-order valence-electron chi connectivity index (χ2n) is 2.92. The third kappa shape index (κ3) is 59.9. The average Bonchev–Trinajstić information content (AvgIpc) is 3.12. The molecule has 14 radical (unpaired) electrons. The molecule has 2 aliphatic rings. The SMILES string of the molecule is CPC.CPC.C[Se+].[CH]1[CH][CH][CH][CH]1.[CH]1[CH][CH][CH][CH]1.[Co].[Co].[I-]. The molecule has 6 heteroatoms. The maximum Gasteiger partial charge on any atom is 0 e. The summed E-state index contributed by atoms with van der Waals surface area (Å²) in [6.07, 6.45) is 20.0. The molecule has 21 heavy (non-hydrogen) atoms. The fraction of sp³-hybridized carbons (Fsp3) is 0.333. The van der Waals surface area contributed by atoms with Gasteiger partial charge >= 0.3 is 21.8 Å². The molecule has 2 rings (SSSR count). The number of halogens is 1. The Morgan fingerprint density at radius 1 is 0.476 bits per heavy atom. The Morgan fingerprint density at radius 3 is 0.571 bits per heavy atom. The van der Waals surface area contributed by atoms with Crippen molar-refractivity contribution in [3.8, 4) is 0 Å². The molecule has 0 aromatic carbocycles. The van der Waals surface area contributed by atoms with E-state index in [0.717, 1.165) is 17.2 Å². The minimum atomic E-state index is 0. The molecule has 2 fully saturated rings. The quantitative estimate of drug-likeness (QED) is 0.225. The Kier molecular flexibility index (Phi) is 92.5. The van der Waals surface area contributed by atoms with E-state index in [1.54, 1.807) is 0 Å². The van der Waals surface area contributed by atoms with Gasteiger partial charge in [-0.3, -0.25) is 0 Å². The van der Waals surface area contributed by atoms with Crippen LogP contribution in [0.25, 0.3) is 0 Å². The molecule has 0 aromatic heterocycles. The zero-order valence-corrected chi connectivity index (χ0v) is 21.2. The first-order valence-corrected chi connectivity index (χ1v) is 11.5. The normalized spacial score (nSPS) is 13.4. The molecular weight excluding hydrogens is 566 g/mol. The molecule has 0 saturated heterocycles. The molecule has 0 amide bonds. The van der Waals surface area contributed by atoms with Crippen LogP contribution >= 0.6 is 17.2 Å². The van der Waals surface area contributed by atoms with Gasteiger partial charge in [-0.15, -0.1) is 17.2 Å². The zero-order chi connectivity index (χ0) is 14.5. The van der Waals surface area contributed by atoms with Crippen LogP contribution in [-0.2, 0) is 33.6 Å². The van der Waals surface area contributed by atoms with Crippen LogP contribution in [0.1, 0.15) is 0 Å². The number of hydrogen-bond acceptors (Lipinski definition) is 0. The zero-order valence-electron chi connectivity index (χ0n) is 13.2. The van der Waals surface area contributed by atoms with Gasteiger partial charge in [-0.25, -0.2) is 0 Å². The molecule has 2 saturated carbocycles. The van der Waals surface area contributed by atoms with Crippen molar-refractivity contribution in [2.24, 2.45) is 0 Å². The Morgan fingerprint density at radius 2 is 0.524 bits per heavy atom. The van der Waals surface area contributed by atoms with Crippen molar-refractivity contribution >= 4 is 33.2 Å². The van der Waals surface area contributed by atoms with Gasteiger partial charge in [0.05, 0.1) is 0 Å². The molecule has 2 aliphatic carbocycles. The second kappa shape index (κ2) is 49.5. The van der Waals surface area contributed by atoms with Gasteiger partial charge in [0.1, 0.15) is 0 Å². The maximum atomic E-state index is 2.62. The van der Waals surface area contributed by atoms with E-state index in [9.17, 15) is 0 Å². The van der Waals surface area contributed by atoms with E-state index in [-0.39, 0.29) is 57.5 Å². The molecule has 0 spiro atoms. The van der Waals surface area contributed by atoms with E-state index in [1.165, 1.54) is 0 Å². The Balaban J connectivity index is -0.0000000337. The van der Waals surface area contributed by atoms with Gasteiger partial charge in [-0.1, -0.05) is 0 Å². The molecule has 0 unspecified atom stereocenters. The Bertz CT molecular complexity index is 80.5. The second-order valence-corrected chi connectivity index (χ2v) is 4.92. The first kappa shape index (κ1) is 39.3. The van der Waals surface area contributed by atoms with Crippen LogP contribution in [0.4, 0.5) is 0 Å². The molecule has 0 bridgehead atoms. The summed E-state index contributed by atoms with van der Waals surface area (Å²) in [7, 11) is 2.17. The summed E-state index contributed by atoms with van der Waals surface area (Å²) in [5.41, 5.74) is 0. The third-order valence-electron chi connectivity index (χ3n) is 1.11. The van der Waals surface area contributed by atoms with Gasteiger partial charge < -0.3 is 24.0 Å². The van der Waals surface area contributed by atoms with Crippen molar-refractivity contribution in [1.82, 2.24) is 0 Å². The molecular formula is C15H27Co2IP2Se. The molecule has 0 aromatic rings. The van der Waals surface area contributed by atoms with Crippen molar-refractivity contribution in [2.45, 2.75) is 5.82 Å². The molecule has 128 valence electrons. The van der Waals surface area contributed by atoms with Crippen LogP contribution in [0.5, 0.6) is 0 Å². The summed E-state index contributed by atoms with van der Waals surface area (Å²) in [6, 6.07) is 0. The summed E-state index contributed by atoms with van der Waals surface area (Å²) in [6.45, 7) is 8.61. The summed E-state index contributed by atoms with van der Waals surface area (Å²) in [5.74, 6) is 1.88. The fourth-order valence-electron chi connectivity index (χ4n) is 0.642. The van der Waals surface area contributed by atoms with Crippen molar-refractivity contribution < 1.29 is 57.5 Å². The van der Waals surface area contributed by atoms with Crippen molar-refractivity contribution in [3.63, 3.8) is 0 Å². The molecule has 0 heterocycles. The van der Waals surface area contributed by atoms with E-state index >= 15 is 0 Å². The van der Waals surface area contributed by atoms with Crippen molar-refractivity contribution in [1.29, 1.82) is 0 Å². The Hall–Kier alpha value is 3.12. The molecule has 0 aliphatic heterocycles. The minimum absolute atomic E-state index is 0. The van der Waals surface area contributed by atoms with Gasteiger partial charge in [-0.05, 0) is 90.9 Å². The topological polar surface area (TPSA) is 0 Å². The fourth-order valence-corrected chi connectivity index (χ4v) is 0.642. The van der Waals surface area contributed by atoms with E-state index in [2.05, 4.69) is 42.7 Å². The summed E-state index contributed by atoms with van der Waals surface area (Å²) < 4.78 is 0. The van der Waals surface area contributed by atoms with E-state index in [0.29, 0.717) is 0 Å². The van der Waals surface area contributed by atoms with E-state index in [4.69, 9.17) is 0 Å². The van der Waals surface area contributed by atoms with Crippen molar-refractivity contribution in [2.75, 3.05) is 26.7 Å². The molecule has 0 nitrogen and oxygen atoms in total.